The van der Waals surface area contributed by atoms with E-state index in [0.29, 0.717) is 30.0 Å². The largest absolute Gasteiger partial charge is 0.489 e. The first-order valence-electron chi connectivity index (χ1n) is 10.5. The predicted octanol–water partition coefficient (Wildman–Crippen LogP) is 3.79. The molecule has 1 saturated heterocycles. The molecule has 1 aromatic heterocycles. The highest BCUT2D eigenvalue weighted by Crippen LogP contribution is 2.37. The summed E-state index contributed by atoms with van der Waals surface area (Å²) in [5, 5.41) is 5.06. The van der Waals surface area contributed by atoms with E-state index in [-0.39, 0.29) is 5.91 Å². The predicted molar refractivity (Wildman–Crippen MR) is 132 cm³/mol. The molecule has 1 amide bonds. The molecule has 0 bridgehead atoms. The number of allylic oxidation sites excluding steroid dienone is 3. The van der Waals surface area contributed by atoms with Crippen molar-refractivity contribution >= 4 is 44.4 Å². The lowest BCUT2D eigenvalue weighted by molar-refractivity contribution is -0.115. The Morgan fingerprint density at radius 1 is 1.25 bits per heavy atom. The van der Waals surface area contributed by atoms with Gasteiger partial charge in [0.05, 0.1) is 18.8 Å². The quantitative estimate of drug-likeness (QED) is 0.586. The van der Waals surface area contributed by atoms with Crippen LogP contribution in [0.3, 0.4) is 0 Å². The summed E-state index contributed by atoms with van der Waals surface area (Å²) in [5.74, 6) is 0.649. The van der Waals surface area contributed by atoms with Crippen LogP contribution in [0.2, 0.25) is 0 Å². The van der Waals surface area contributed by atoms with Crippen molar-refractivity contribution in [2.45, 2.75) is 6.61 Å². The lowest BCUT2D eigenvalue weighted by Gasteiger charge is -2.26. The van der Waals surface area contributed by atoms with E-state index in [1.54, 1.807) is 6.08 Å². The number of thiophene rings is 1. The van der Waals surface area contributed by atoms with Crippen LogP contribution in [0, 0.1) is 0 Å². The van der Waals surface area contributed by atoms with Gasteiger partial charge in [0, 0.05) is 52.4 Å². The molecule has 0 spiro atoms. The Morgan fingerprint density at radius 3 is 2.75 bits per heavy atom. The molecule has 1 aliphatic heterocycles. The fraction of sp³-hybridized carbons (Fsp3) is 0.292. The number of nitrogens with one attached hydrogen (secondary N) is 1. The molecule has 1 aromatic carbocycles. The van der Waals surface area contributed by atoms with Crippen molar-refractivity contribution in [1.29, 1.82) is 0 Å². The fourth-order valence-corrected chi connectivity index (χ4v) is 5.04. The molecule has 0 radical (unpaired) electrons. The Balaban J connectivity index is 1.47. The van der Waals surface area contributed by atoms with Gasteiger partial charge in [-0.15, -0.1) is 11.3 Å². The second-order valence-corrected chi connectivity index (χ2v) is 9.45. The van der Waals surface area contributed by atoms with Crippen LogP contribution in [0.5, 0.6) is 5.75 Å². The van der Waals surface area contributed by atoms with Gasteiger partial charge in [-0.3, -0.25) is 9.69 Å². The molecule has 2 heterocycles. The highest BCUT2D eigenvalue weighted by Gasteiger charge is 2.24. The molecule has 0 saturated carbocycles. The Hall–Kier alpha value is -2.39. The van der Waals surface area contributed by atoms with Gasteiger partial charge in [0.15, 0.2) is 0 Å². The smallest absolute Gasteiger partial charge is 0.252 e. The summed E-state index contributed by atoms with van der Waals surface area (Å²) >= 11 is 4.93. The molecule has 32 heavy (non-hydrogen) atoms. The van der Waals surface area contributed by atoms with Crippen molar-refractivity contribution < 1.29 is 14.3 Å². The van der Waals surface area contributed by atoms with Crippen LogP contribution in [0.1, 0.15) is 16.0 Å². The number of ether oxygens (including phenoxy) is 2. The summed E-state index contributed by atoms with van der Waals surface area (Å²) in [4.78, 5) is 16.2. The van der Waals surface area contributed by atoms with Gasteiger partial charge in [-0.2, -0.15) is 0 Å². The second-order valence-electron chi connectivity index (χ2n) is 7.65. The highest BCUT2D eigenvalue weighted by molar-refractivity contribution is 9.10. The van der Waals surface area contributed by atoms with Crippen LogP contribution in [0.15, 0.2) is 58.4 Å². The minimum Gasteiger partial charge on any atom is -0.489 e. The van der Waals surface area contributed by atoms with Gasteiger partial charge in [-0.1, -0.05) is 22.5 Å². The number of rotatable bonds is 7. The number of nitrogens with zero attached hydrogens (tertiary/aromatic N) is 1. The first kappa shape index (κ1) is 22.8. The number of nitrogens with two attached hydrogens (primary N) is 1. The number of halogens is 1. The van der Waals surface area contributed by atoms with Gasteiger partial charge in [0.1, 0.15) is 12.4 Å². The van der Waals surface area contributed by atoms with E-state index >= 15 is 0 Å². The van der Waals surface area contributed by atoms with Crippen molar-refractivity contribution in [3.8, 4) is 5.75 Å². The van der Waals surface area contributed by atoms with E-state index in [2.05, 4.69) is 32.7 Å². The molecule has 1 aliphatic carbocycles. The average Bonchev–Trinajstić information content (AvgIpc) is 3.16. The minimum atomic E-state index is -0.119. The molecule has 1 fully saturated rings. The fourth-order valence-electron chi connectivity index (χ4n) is 3.69. The number of carbonyl (C=O) groups is 1. The Morgan fingerprint density at radius 2 is 2.00 bits per heavy atom. The van der Waals surface area contributed by atoms with Crippen LogP contribution < -0.4 is 15.8 Å². The van der Waals surface area contributed by atoms with Gasteiger partial charge in [-0.25, -0.2) is 0 Å². The number of morpholine rings is 1. The molecule has 2 aromatic rings. The third-order valence-corrected chi connectivity index (χ3v) is 6.93. The Kier molecular flexibility index (Phi) is 7.47. The van der Waals surface area contributed by atoms with E-state index in [0.717, 1.165) is 59.1 Å². The van der Waals surface area contributed by atoms with Gasteiger partial charge in [-0.05, 0) is 47.4 Å². The zero-order valence-corrected chi connectivity index (χ0v) is 20.1. The van der Waals surface area contributed by atoms with Gasteiger partial charge < -0.3 is 20.5 Å². The summed E-state index contributed by atoms with van der Waals surface area (Å²) < 4.78 is 12.3. The maximum Gasteiger partial charge on any atom is 0.252 e. The molecular weight excluding hydrogens is 490 g/mol. The number of hydrogen-bond acceptors (Lipinski definition) is 6. The molecule has 0 unspecified atom stereocenters. The lowest BCUT2D eigenvalue weighted by Crippen LogP contribution is -2.41. The van der Waals surface area contributed by atoms with Crippen LogP contribution in [-0.2, 0) is 16.1 Å². The third-order valence-electron chi connectivity index (χ3n) is 5.34. The van der Waals surface area contributed by atoms with E-state index in [4.69, 9.17) is 15.2 Å². The van der Waals surface area contributed by atoms with Crippen molar-refractivity contribution in [1.82, 2.24) is 10.2 Å². The maximum absolute atomic E-state index is 13.1. The molecule has 2 aliphatic rings. The molecular formula is C24H26BrN3O3S. The third kappa shape index (κ3) is 5.50. The maximum atomic E-state index is 13.1. The van der Waals surface area contributed by atoms with Crippen LogP contribution in [-0.4, -0.2) is 50.2 Å². The first-order chi connectivity index (χ1) is 15.5. The SMILES string of the molecule is C=C1C=C(C(=O)NCCN2CCOCC2)c2scc(COc3ccc(Br)cc3)c2C(N)=C1. The summed E-state index contributed by atoms with van der Waals surface area (Å²) in [6.07, 6.45) is 3.61. The van der Waals surface area contributed by atoms with Crippen molar-refractivity contribution in [2.75, 3.05) is 39.4 Å². The second kappa shape index (κ2) is 10.5. The standard InChI is InChI=1S/C24H26BrN3O3S/c1-16-12-20(24(29)27-6-7-28-8-10-30-11-9-28)23-22(21(26)13-16)17(15-32-23)14-31-19-4-2-18(25)3-5-19/h2-5,12-13,15H,1,6-11,14,26H2,(H,27,29). The van der Waals surface area contributed by atoms with Gasteiger partial charge >= 0.3 is 0 Å². The van der Waals surface area contributed by atoms with E-state index in [9.17, 15) is 4.79 Å². The zero-order chi connectivity index (χ0) is 22.5. The minimum absolute atomic E-state index is 0.119. The Bertz CT molecular complexity index is 1050. The highest BCUT2D eigenvalue weighted by atomic mass is 79.9. The van der Waals surface area contributed by atoms with E-state index < -0.39 is 0 Å². The Labute approximate surface area is 200 Å². The normalized spacial score (nSPS) is 16.6. The monoisotopic (exact) mass is 515 g/mol. The summed E-state index contributed by atoms with van der Waals surface area (Å²) in [7, 11) is 0. The van der Waals surface area contributed by atoms with Crippen molar-refractivity contribution in [2.24, 2.45) is 5.73 Å². The number of hydrogen-bond donors (Lipinski definition) is 2. The molecule has 6 nitrogen and oxygen atoms in total. The molecule has 168 valence electrons. The average molecular weight is 516 g/mol. The number of amides is 1. The first-order valence-corrected chi connectivity index (χ1v) is 12.1. The van der Waals surface area contributed by atoms with Gasteiger partial charge in [0.2, 0.25) is 0 Å². The van der Waals surface area contributed by atoms with E-state index in [1.807, 2.05) is 35.7 Å². The summed E-state index contributed by atoms with van der Waals surface area (Å²) in [5.41, 5.74) is 10.1. The van der Waals surface area contributed by atoms with Crippen LogP contribution >= 0.6 is 27.3 Å². The lowest BCUT2D eigenvalue weighted by atomic mass is 10.0. The molecule has 4 rings (SSSR count). The molecule has 3 N–H and O–H groups in total. The van der Waals surface area contributed by atoms with Crippen molar-refractivity contribution in [3.05, 3.63) is 74.4 Å². The van der Waals surface area contributed by atoms with Crippen LogP contribution in [0.4, 0.5) is 0 Å². The van der Waals surface area contributed by atoms with Crippen molar-refractivity contribution in [3.63, 3.8) is 0 Å². The molecule has 8 heteroatoms. The van der Waals surface area contributed by atoms with Gasteiger partial charge in [0.25, 0.3) is 5.91 Å². The van der Waals surface area contributed by atoms with Crippen LogP contribution in [0.25, 0.3) is 11.3 Å². The zero-order valence-electron chi connectivity index (χ0n) is 17.7. The number of fused-ring (bicyclic) bond motifs is 1. The number of carbonyl (C=O) groups excluding carboxylic acids is 1. The summed E-state index contributed by atoms with van der Waals surface area (Å²) in [6.45, 7) is 9.05. The number of benzene rings is 1. The topological polar surface area (TPSA) is 76.8 Å². The summed E-state index contributed by atoms with van der Waals surface area (Å²) in [6, 6.07) is 7.68. The van der Waals surface area contributed by atoms with E-state index in [1.165, 1.54) is 11.3 Å². The molecule has 0 atom stereocenters.